The number of furan rings is 1. The summed E-state index contributed by atoms with van der Waals surface area (Å²) in [7, 11) is 0. The van der Waals surface area contributed by atoms with E-state index in [2.05, 4.69) is 236 Å². The van der Waals surface area contributed by atoms with Crippen LogP contribution in [-0.4, -0.2) is 0 Å². The number of fused-ring (bicyclic) bond motifs is 7. The molecule has 0 N–H and O–H groups in total. The summed E-state index contributed by atoms with van der Waals surface area (Å²) in [6, 6.07) is 83.6. The van der Waals surface area contributed by atoms with Gasteiger partial charge in [-0.1, -0.05) is 194 Å². The second kappa shape index (κ2) is 15.1. The van der Waals surface area contributed by atoms with Crippen molar-refractivity contribution < 1.29 is 4.42 Å². The lowest BCUT2D eigenvalue weighted by Gasteiger charge is -2.30. The summed E-state index contributed by atoms with van der Waals surface area (Å²) in [5.74, 6) is 0. The van der Waals surface area contributed by atoms with Crippen LogP contribution in [0.25, 0.3) is 98.8 Å². The monoisotopic (exact) mass is 803 g/mol. The first-order chi connectivity index (χ1) is 31.2. The van der Waals surface area contributed by atoms with Gasteiger partial charge in [0, 0.05) is 27.6 Å². The lowest BCUT2D eigenvalue weighted by atomic mass is 9.90. The molecular weight excluding hydrogens is 763 g/mol. The highest BCUT2D eigenvalue weighted by atomic mass is 16.3. The SMILES string of the molecule is Cc1cccc2c1ccc1c(-c3ccc(N(c4ccccc4-c4cccc5cccc(-c6ccccc6)c45)c4ccccc4-c4cccc5oc6ccccc6c45)cc3)cccc12. The molecule has 0 saturated carbocycles. The van der Waals surface area contributed by atoms with Crippen LogP contribution in [0.5, 0.6) is 0 Å². The molecule has 0 unspecified atom stereocenters. The average Bonchev–Trinajstić information content (AvgIpc) is 3.74. The Morgan fingerprint density at radius 1 is 0.302 bits per heavy atom. The van der Waals surface area contributed by atoms with Crippen LogP contribution >= 0.6 is 0 Å². The van der Waals surface area contributed by atoms with Gasteiger partial charge in [-0.15, -0.1) is 0 Å². The van der Waals surface area contributed by atoms with E-state index in [1.165, 1.54) is 65.7 Å². The van der Waals surface area contributed by atoms with Crippen molar-refractivity contribution in [2.45, 2.75) is 6.92 Å². The predicted molar refractivity (Wildman–Crippen MR) is 267 cm³/mol. The fourth-order valence-electron chi connectivity index (χ4n) is 9.95. The highest BCUT2D eigenvalue weighted by Crippen LogP contribution is 2.49. The zero-order chi connectivity index (χ0) is 41.9. The molecule has 2 nitrogen and oxygen atoms in total. The number of anilines is 3. The Kier molecular flexibility index (Phi) is 8.76. The quantitative estimate of drug-likeness (QED) is 0.149. The summed E-state index contributed by atoms with van der Waals surface area (Å²) in [5.41, 5.74) is 15.7. The number of hydrogen-bond donors (Lipinski definition) is 0. The van der Waals surface area contributed by atoms with Crippen molar-refractivity contribution in [2.24, 2.45) is 0 Å². The smallest absolute Gasteiger partial charge is 0.136 e. The van der Waals surface area contributed by atoms with E-state index >= 15 is 0 Å². The first-order valence-electron chi connectivity index (χ1n) is 21.7. The Labute approximate surface area is 366 Å². The molecule has 0 aliphatic rings. The van der Waals surface area contributed by atoms with Crippen LogP contribution in [0.15, 0.2) is 235 Å². The minimum atomic E-state index is 0.877. The molecule has 1 heterocycles. The van der Waals surface area contributed by atoms with Crippen LogP contribution in [0.4, 0.5) is 17.1 Å². The van der Waals surface area contributed by atoms with Crippen LogP contribution in [0.3, 0.4) is 0 Å². The Balaban J connectivity index is 1.09. The van der Waals surface area contributed by atoms with Crippen LogP contribution in [0.2, 0.25) is 0 Å². The Morgan fingerprint density at radius 2 is 0.810 bits per heavy atom. The number of aryl methyl sites for hydroxylation is 1. The minimum Gasteiger partial charge on any atom is -0.456 e. The van der Waals surface area contributed by atoms with Gasteiger partial charge in [-0.3, -0.25) is 0 Å². The molecule has 12 rings (SSSR count). The molecule has 0 aliphatic carbocycles. The lowest BCUT2D eigenvalue weighted by molar-refractivity contribution is 0.669. The van der Waals surface area contributed by atoms with Crippen LogP contribution in [0.1, 0.15) is 5.56 Å². The molecule has 0 saturated heterocycles. The minimum absolute atomic E-state index is 0.877. The van der Waals surface area contributed by atoms with Gasteiger partial charge in [0.15, 0.2) is 0 Å². The average molecular weight is 804 g/mol. The molecule has 63 heavy (non-hydrogen) atoms. The van der Waals surface area contributed by atoms with E-state index in [9.17, 15) is 0 Å². The molecule has 0 amide bonds. The van der Waals surface area contributed by atoms with E-state index in [-0.39, 0.29) is 0 Å². The molecular formula is C61H41NO. The van der Waals surface area contributed by atoms with Gasteiger partial charge >= 0.3 is 0 Å². The first kappa shape index (κ1) is 36.6. The molecule has 0 radical (unpaired) electrons. The zero-order valence-electron chi connectivity index (χ0n) is 34.8. The molecule has 0 bridgehead atoms. The molecule has 1 aromatic heterocycles. The van der Waals surface area contributed by atoms with E-state index in [0.717, 1.165) is 55.7 Å². The maximum Gasteiger partial charge on any atom is 0.136 e. The topological polar surface area (TPSA) is 16.4 Å². The normalized spacial score (nSPS) is 11.6. The van der Waals surface area contributed by atoms with E-state index in [4.69, 9.17) is 4.42 Å². The molecule has 0 aliphatic heterocycles. The van der Waals surface area contributed by atoms with Gasteiger partial charge in [-0.25, -0.2) is 0 Å². The number of hydrogen-bond acceptors (Lipinski definition) is 2. The zero-order valence-corrected chi connectivity index (χ0v) is 34.8. The molecule has 0 fully saturated rings. The van der Waals surface area contributed by atoms with Crippen molar-refractivity contribution in [3.63, 3.8) is 0 Å². The van der Waals surface area contributed by atoms with Crippen molar-refractivity contribution in [1.82, 2.24) is 0 Å². The molecule has 2 heteroatoms. The Bertz CT molecular complexity index is 3690. The van der Waals surface area contributed by atoms with Crippen molar-refractivity contribution in [3.8, 4) is 44.5 Å². The highest BCUT2D eigenvalue weighted by molar-refractivity contribution is 6.15. The van der Waals surface area contributed by atoms with Crippen molar-refractivity contribution in [2.75, 3.05) is 4.90 Å². The largest absolute Gasteiger partial charge is 0.456 e. The number of benzene rings is 11. The summed E-state index contributed by atoms with van der Waals surface area (Å²) < 4.78 is 6.45. The summed E-state index contributed by atoms with van der Waals surface area (Å²) in [5, 5.41) is 9.77. The van der Waals surface area contributed by atoms with Crippen molar-refractivity contribution in [1.29, 1.82) is 0 Å². The Hall–Kier alpha value is -8.20. The van der Waals surface area contributed by atoms with E-state index in [1.54, 1.807) is 0 Å². The first-order valence-corrected chi connectivity index (χ1v) is 21.7. The van der Waals surface area contributed by atoms with E-state index in [0.29, 0.717) is 0 Å². The third-order valence-corrected chi connectivity index (χ3v) is 12.8. The molecule has 12 aromatic rings. The van der Waals surface area contributed by atoms with Gasteiger partial charge in [0.2, 0.25) is 0 Å². The highest BCUT2D eigenvalue weighted by Gasteiger charge is 2.24. The Morgan fingerprint density at radius 3 is 1.57 bits per heavy atom. The van der Waals surface area contributed by atoms with Crippen LogP contribution < -0.4 is 4.90 Å². The fraction of sp³-hybridized carbons (Fsp3) is 0.0164. The number of para-hydroxylation sites is 3. The molecule has 296 valence electrons. The summed E-state index contributed by atoms with van der Waals surface area (Å²) >= 11 is 0. The summed E-state index contributed by atoms with van der Waals surface area (Å²) in [6.07, 6.45) is 0. The second-order valence-corrected chi connectivity index (χ2v) is 16.4. The number of rotatable bonds is 7. The van der Waals surface area contributed by atoms with Gasteiger partial charge < -0.3 is 9.32 Å². The third-order valence-electron chi connectivity index (χ3n) is 12.8. The van der Waals surface area contributed by atoms with Gasteiger partial charge in [-0.2, -0.15) is 0 Å². The van der Waals surface area contributed by atoms with E-state index < -0.39 is 0 Å². The summed E-state index contributed by atoms with van der Waals surface area (Å²) in [6.45, 7) is 2.19. The second-order valence-electron chi connectivity index (χ2n) is 16.4. The van der Waals surface area contributed by atoms with Crippen molar-refractivity contribution >= 4 is 71.3 Å². The standard InChI is InChI=1S/C61H41NO/c1-40-16-11-26-48-45(40)38-39-50-46(24-14-27-49(48)50)42-34-36-44(37-35-42)62(57-31-9-6-22-52(57)54-29-15-33-59-61(54)55-23-7-10-32-58(55)63-59)56-30-8-5-21-51(56)53-28-13-20-43-19-12-25-47(60(43)53)41-17-3-2-4-18-41/h2-39H,1H3. The maximum atomic E-state index is 6.45. The number of nitrogens with zero attached hydrogens (tertiary/aromatic N) is 1. The van der Waals surface area contributed by atoms with Crippen LogP contribution in [-0.2, 0) is 0 Å². The van der Waals surface area contributed by atoms with Gasteiger partial charge in [-0.05, 0) is 115 Å². The predicted octanol–water partition coefficient (Wildman–Crippen LogP) is 17.5. The van der Waals surface area contributed by atoms with Gasteiger partial charge in [0.1, 0.15) is 11.2 Å². The van der Waals surface area contributed by atoms with Crippen molar-refractivity contribution in [3.05, 3.63) is 236 Å². The lowest BCUT2D eigenvalue weighted by Crippen LogP contribution is -2.12. The van der Waals surface area contributed by atoms with Gasteiger partial charge in [0.05, 0.1) is 11.4 Å². The third kappa shape index (κ3) is 6.10. The molecule has 0 spiro atoms. The van der Waals surface area contributed by atoms with Crippen LogP contribution in [0, 0.1) is 6.92 Å². The maximum absolute atomic E-state index is 6.45. The molecule has 11 aromatic carbocycles. The fourth-order valence-corrected chi connectivity index (χ4v) is 9.95. The molecule has 0 atom stereocenters. The van der Waals surface area contributed by atoms with Gasteiger partial charge in [0.25, 0.3) is 0 Å². The van der Waals surface area contributed by atoms with E-state index in [1.807, 2.05) is 6.07 Å². The summed E-state index contributed by atoms with van der Waals surface area (Å²) in [4.78, 5) is 2.46.